The lowest BCUT2D eigenvalue weighted by molar-refractivity contribution is 0.164. The molecule has 0 unspecified atom stereocenters. The van der Waals surface area contributed by atoms with E-state index in [0.717, 1.165) is 31.2 Å². The van der Waals surface area contributed by atoms with Crippen LogP contribution in [0.5, 0.6) is 0 Å². The molecule has 0 aliphatic carbocycles. The van der Waals surface area contributed by atoms with Gasteiger partial charge in [-0.3, -0.25) is 4.90 Å². The maximum absolute atomic E-state index is 6.33. The molecule has 19 heavy (non-hydrogen) atoms. The van der Waals surface area contributed by atoms with Gasteiger partial charge in [0.2, 0.25) is 0 Å². The van der Waals surface area contributed by atoms with Gasteiger partial charge < -0.3 is 5.32 Å². The number of halogens is 3. The van der Waals surface area contributed by atoms with E-state index < -0.39 is 0 Å². The summed E-state index contributed by atoms with van der Waals surface area (Å²) < 4.78 is 0. The van der Waals surface area contributed by atoms with Crippen LogP contribution in [0.25, 0.3) is 0 Å². The molecule has 1 aliphatic rings. The zero-order valence-corrected chi connectivity index (χ0v) is 13.7. The Bertz CT molecular complexity index is 354. The molecule has 0 saturated carbocycles. The molecule has 1 fully saturated rings. The predicted octanol–water partition coefficient (Wildman–Crippen LogP) is 3.93. The summed E-state index contributed by atoms with van der Waals surface area (Å²) in [5.74, 6) is 0. The van der Waals surface area contributed by atoms with Crippen molar-refractivity contribution in [3.05, 3.63) is 34.9 Å². The van der Waals surface area contributed by atoms with Gasteiger partial charge in [-0.1, -0.05) is 43.1 Å². The van der Waals surface area contributed by atoms with E-state index in [2.05, 4.69) is 29.3 Å². The Balaban J connectivity index is 0.00000162. The van der Waals surface area contributed by atoms with Crippen LogP contribution in [0.15, 0.2) is 24.3 Å². The summed E-state index contributed by atoms with van der Waals surface area (Å²) in [7, 11) is 0. The van der Waals surface area contributed by atoms with E-state index in [1.807, 2.05) is 12.1 Å². The molecule has 0 radical (unpaired) electrons. The van der Waals surface area contributed by atoms with Crippen LogP contribution in [0, 0.1) is 0 Å². The number of piperazine rings is 1. The van der Waals surface area contributed by atoms with Crippen LogP contribution >= 0.6 is 36.4 Å². The summed E-state index contributed by atoms with van der Waals surface area (Å²) in [5.41, 5.74) is 1.29. The van der Waals surface area contributed by atoms with Gasteiger partial charge in [0.05, 0.1) is 0 Å². The van der Waals surface area contributed by atoms with Crippen molar-refractivity contribution in [2.24, 2.45) is 0 Å². The standard InChI is InChI=1S/C14H21ClN2.2ClH/c1-2-5-14(17-10-8-16-9-11-17)12-6-3-4-7-13(12)15;;/h3-4,6-7,14,16H,2,5,8-11H2,1H3;2*1H/t14-;;/m0../s1. The Morgan fingerprint density at radius 2 is 1.84 bits per heavy atom. The van der Waals surface area contributed by atoms with Crippen molar-refractivity contribution in [1.82, 2.24) is 10.2 Å². The van der Waals surface area contributed by atoms with Crippen molar-refractivity contribution in [3.8, 4) is 0 Å². The van der Waals surface area contributed by atoms with E-state index in [0.29, 0.717) is 6.04 Å². The quantitative estimate of drug-likeness (QED) is 0.902. The first-order valence-electron chi connectivity index (χ1n) is 6.52. The summed E-state index contributed by atoms with van der Waals surface area (Å²) >= 11 is 6.33. The maximum Gasteiger partial charge on any atom is 0.0453 e. The smallest absolute Gasteiger partial charge is 0.0453 e. The monoisotopic (exact) mass is 324 g/mol. The van der Waals surface area contributed by atoms with Crippen molar-refractivity contribution >= 4 is 36.4 Å². The molecule has 1 saturated heterocycles. The summed E-state index contributed by atoms with van der Waals surface area (Å²) in [5, 5.41) is 4.31. The van der Waals surface area contributed by atoms with Gasteiger partial charge in [-0.05, 0) is 18.1 Å². The van der Waals surface area contributed by atoms with Gasteiger partial charge in [0.25, 0.3) is 0 Å². The fraction of sp³-hybridized carbons (Fsp3) is 0.571. The first-order valence-corrected chi connectivity index (χ1v) is 6.90. The summed E-state index contributed by atoms with van der Waals surface area (Å²) in [6, 6.07) is 8.75. The average Bonchev–Trinajstić information content (AvgIpc) is 2.38. The van der Waals surface area contributed by atoms with Crippen molar-refractivity contribution in [2.75, 3.05) is 26.2 Å². The molecule has 0 spiro atoms. The van der Waals surface area contributed by atoms with Crippen LogP contribution in [-0.2, 0) is 0 Å². The van der Waals surface area contributed by atoms with Gasteiger partial charge in [-0.25, -0.2) is 0 Å². The minimum absolute atomic E-state index is 0. The highest BCUT2D eigenvalue weighted by Crippen LogP contribution is 2.31. The van der Waals surface area contributed by atoms with E-state index in [-0.39, 0.29) is 24.8 Å². The van der Waals surface area contributed by atoms with Crippen LogP contribution in [0.1, 0.15) is 31.4 Å². The number of nitrogens with zero attached hydrogens (tertiary/aromatic N) is 1. The SMILES string of the molecule is CCC[C@@H](c1ccccc1Cl)N1CCNCC1.Cl.Cl. The highest BCUT2D eigenvalue weighted by Gasteiger charge is 2.22. The van der Waals surface area contributed by atoms with Gasteiger partial charge >= 0.3 is 0 Å². The normalized spacial score (nSPS) is 17.2. The third kappa shape index (κ3) is 5.13. The Morgan fingerprint density at radius 3 is 2.42 bits per heavy atom. The molecule has 0 aromatic heterocycles. The third-order valence-electron chi connectivity index (χ3n) is 3.42. The molecule has 0 amide bonds. The molecule has 1 atom stereocenters. The molecule has 1 aliphatic heterocycles. The molecular formula is C14H23Cl3N2. The second kappa shape index (κ2) is 9.84. The van der Waals surface area contributed by atoms with E-state index in [1.54, 1.807) is 0 Å². The van der Waals surface area contributed by atoms with Crippen molar-refractivity contribution in [3.63, 3.8) is 0 Å². The van der Waals surface area contributed by atoms with Crippen LogP contribution in [0.2, 0.25) is 5.02 Å². The molecule has 1 N–H and O–H groups in total. The Morgan fingerprint density at radius 1 is 1.21 bits per heavy atom. The molecule has 2 nitrogen and oxygen atoms in total. The number of nitrogens with one attached hydrogen (secondary N) is 1. The number of hydrogen-bond donors (Lipinski definition) is 1. The maximum atomic E-state index is 6.33. The topological polar surface area (TPSA) is 15.3 Å². The van der Waals surface area contributed by atoms with Gasteiger partial charge in [-0.2, -0.15) is 0 Å². The second-order valence-electron chi connectivity index (χ2n) is 4.61. The molecule has 110 valence electrons. The molecular weight excluding hydrogens is 303 g/mol. The zero-order chi connectivity index (χ0) is 12.1. The number of hydrogen-bond acceptors (Lipinski definition) is 2. The van der Waals surface area contributed by atoms with E-state index in [9.17, 15) is 0 Å². The van der Waals surface area contributed by atoms with E-state index >= 15 is 0 Å². The lowest BCUT2D eigenvalue weighted by Crippen LogP contribution is -2.45. The van der Waals surface area contributed by atoms with Gasteiger partial charge in [0.1, 0.15) is 0 Å². The number of rotatable bonds is 4. The molecule has 5 heteroatoms. The molecule has 0 bridgehead atoms. The third-order valence-corrected chi connectivity index (χ3v) is 3.76. The fourth-order valence-corrected chi connectivity index (χ4v) is 2.81. The van der Waals surface area contributed by atoms with E-state index in [1.165, 1.54) is 18.4 Å². The Kier molecular flexibility index (Phi) is 9.85. The summed E-state index contributed by atoms with van der Waals surface area (Å²) in [6.07, 6.45) is 2.38. The van der Waals surface area contributed by atoms with Crippen molar-refractivity contribution in [1.29, 1.82) is 0 Å². The molecule has 1 heterocycles. The number of benzene rings is 1. The van der Waals surface area contributed by atoms with Gasteiger partial charge in [-0.15, -0.1) is 24.8 Å². The fourth-order valence-electron chi connectivity index (χ4n) is 2.55. The van der Waals surface area contributed by atoms with Crippen LogP contribution < -0.4 is 5.32 Å². The second-order valence-corrected chi connectivity index (χ2v) is 5.02. The average molecular weight is 326 g/mol. The lowest BCUT2D eigenvalue weighted by atomic mass is 10.00. The van der Waals surface area contributed by atoms with Gasteiger partial charge in [0.15, 0.2) is 0 Å². The lowest BCUT2D eigenvalue weighted by Gasteiger charge is -2.35. The van der Waals surface area contributed by atoms with Crippen molar-refractivity contribution < 1.29 is 0 Å². The van der Waals surface area contributed by atoms with Crippen LogP contribution in [-0.4, -0.2) is 31.1 Å². The summed E-state index contributed by atoms with van der Waals surface area (Å²) in [6.45, 7) is 6.66. The molecule has 1 aromatic rings. The van der Waals surface area contributed by atoms with E-state index in [4.69, 9.17) is 11.6 Å². The molecule has 2 rings (SSSR count). The largest absolute Gasteiger partial charge is 0.314 e. The predicted molar refractivity (Wildman–Crippen MR) is 88.0 cm³/mol. The first-order chi connectivity index (χ1) is 8.33. The Hall–Kier alpha value is 0.01000. The van der Waals surface area contributed by atoms with Crippen molar-refractivity contribution in [2.45, 2.75) is 25.8 Å². The summed E-state index contributed by atoms with van der Waals surface area (Å²) in [4.78, 5) is 2.56. The highest BCUT2D eigenvalue weighted by molar-refractivity contribution is 6.31. The minimum Gasteiger partial charge on any atom is -0.314 e. The van der Waals surface area contributed by atoms with Crippen LogP contribution in [0.4, 0.5) is 0 Å². The zero-order valence-electron chi connectivity index (χ0n) is 11.3. The molecule has 1 aromatic carbocycles. The first kappa shape index (κ1) is 19.0. The highest BCUT2D eigenvalue weighted by atomic mass is 35.5. The van der Waals surface area contributed by atoms with Gasteiger partial charge in [0, 0.05) is 37.2 Å². The Labute approximate surface area is 133 Å². The van der Waals surface area contributed by atoms with Crippen LogP contribution in [0.3, 0.4) is 0 Å². The minimum atomic E-state index is 0.